The van der Waals surface area contributed by atoms with Crippen molar-refractivity contribution in [2.75, 3.05) is 13.7 Å². The van der Waals surface area contributed by atoms with E-state index in [0.29, 0.717) is 0 Å². The standard InChI is InChI=1S/C16H15F3N2O4/c1-24-14-7-13(25-20-14)15(23)21-8-9(22)6-12(21)10-4-2-3-5-11(10)16(17,18)19/h2-5,7,9,12,22H,6,8H2,1H3/t9-,12-/m1/s1. The fourth-order valence-corrected chi connectivity index (χ4v) is 2.98. The normalized spacial score (nSPS) is 20.8. The maximum absolute atomic E-state index is 13.3. The van der Waals surface area contributed by atoms with Crippen LogP contribution < -0.4 is 4.74 Å². The third-order valence-electron chi connectivity index (χ3n) is 4.07. The lowest BCUT2D eigenvalue weighted by atomic mass is 9.97. The molecule has 1 saturated heterocycles. The van der Waals surface area contributed by atoms with Gasteiger partial charge in [0.1, 0.15) is 0 Å². The quantitative estimate of drug-likeness (QED) is 0.915. The summed E-state index contributed by atoms with van der Waals surface area (Å²) in [4.78, 5) is 13.8. The summed E-state index contributed by atoms with van der Waals surface area (Å²) in [6.45, 7) is -0.0985. The van der Waals surface area contributed by atoms with Crippen molar-refractivity contribution >= 4 is 5.91 Å². The number of rotatable bonds is 3. The minimum atomic E-state index is -4.56. The van der Waals surface area contributed by atoms with Crippen molar-refractivity contribution in [3.05, 3.63) is 47.2 Å². The topological polar surface area (TPSA) is 75.8 Å². The molecule has 2 atom stereocenters. The molecule has 1 N–H and O–H groups in total. The van der Waals surface area contributed by atoms with Crippen molar-refractivity contribution in [3.63, 3.8) is 0 Å². The van der Waals surface area contributed by atoms with E-state index in [1.54, 1.807) is 0 Å². The maximum atomic E-state index is 13.3. The van der Waals surface area contributed by atoms with Crippen LogP contribution in [-0.2, 0) is 6.18 Å². The number of carbonyl (C=O) groups excluding carboxylic acids is 1. The number of methoxy groups -OCH3 is 1. The van der Waals surface area contributed by atoms with Gasteiger partial charge in [-0.15, -0.1) is 0 Å². The molecule has 0 unspecified atom stereocenters. The van der Waals surface area contributed by atoms with Gasteiger partial charge in [0.2, 0.25) is 5.76 Å². The molecule has 0 aliphatic carbocycles. The van der Waals surface area contributed by atoms with E-state index < -0.39 is 29.8 Å². The molecule has 6 nitrogen and oxygen atoms in total. The van der Waals surface area contributed by atoms with Gasteiger partial charge >= 0.3 is 6.18 Å². The molecular weight excluding hydrogens is 341 g/mol. The highest BCUT2D eigenvalue weighted by Crippen LogP contribution is 2.41. The number of carbonyl (C=O) groups is 1. The van der Waals surface area contributed by atoms with E-state index in [1.807, 2.05) is 0 Å². The van der Waals surface area contributed by atoms with Gasteiger partial charge in [0, 0.05) is 6.54 Å². The monoisotopic (exact) mass is 356 g/mol. The van der Waals surface area contributed by atoms with Gasteiger partial charge in [-0.1, -0.05) is 18.2 Å². The molecule has 134 valence electrons. The van der Waals surface area contributed by atoms with E-state index in [9.17, 15) is 23.1 Å². The third kappa shape index (κ3) is 3.32. The summed E-state index contributed by atoms with van der Waals surface area (Å²) in [5.41, 5.74) is -0.895. The second-order valence-electron chi connectivity index (χ2n) is 5.68. The van der Waals surface area contributed by atoms with Crippen LogP contribution in [0.4, 0.5) is 13.2 Å². The van der Waals surface area contributed by atoms with Crippen molar-refractivity contribution in [2.24, 2.45) is 0 Å². The van der Waals surface area contributed by atoms with Crippen molar-refractivity contribution in [2.45, 2.75) is 24.7 Å². The van der Waals surface area contributed by atoms with Gasteiger partial charge in [-0.25, -0.2) is 0 Å². The van der Waals surface area contributed by atoms with E-state index >= 15 is 0 Å². The van der Waals surface area contributed by atoms with Gasteiger partial charge in [-0.3, -0.25) is 4.79 Å². The Balaban J connectivity index is 1.97. The number of ether oxygens (including phenoxy) is 1. The number of hydrogen-bond donors (Lipinski definition) is 1. The number of aliphatic hydroxyl groups excluding tert-OH is 1. The highest BCUT2D eigenvalue weighted by molar-refractivity contribution is 5.92. The molecule has 2 heterocycles. The van der Waals surface area contributed by atoms with Gasteiger partial charge in [-0.05, 0) is 23.2 Å². The highest BCUT2D eigenvalue weighted by Gasteiger charge is 2.42. The van der Waals surface area contributed by atoms with Crippen LogP contribution in [0.15, 0.2) is 34.9 Å². The lowest BCUT2D eigenvalue weighted by Gasteiger charge is -2.26. The van der Waals surface area contributed by atoms with Crippen molar-refractivity contribution < 1.29 is 32.3 Å². The smallest absolute Gasteiger partial charge is 0.416 e. The largest absolute Gasteiger partial charge is 0.479 e. The molecule has 0 spiro atoms. The average Bonchev–Trinajstić information content (AvgIpc) is 3.20. The number of benzene rings is 1. The SMILES string of the molecule is COc1cc(C(=O)N2C[C@H](O)C[C@@H]2c2ccccc2C(F)(F)F)on1. The Labute approximate surface area is 140 Å². The number of nitrogens with zero attached hydrogens (tertiary/aromatic N) is 2. The number of amides is 1. The molecule has 1 amide bonds. The number of β-amino-alcohol motifs (C(OH)–C–C–N with tert-alkyl or cyclic N) is 1. The summed E-state index contributed by atoms with van der Waals surface area (Å²) in [6, 6.07) is 5.35. The fourth-order valence-electron chi connectivity index (χ4n) is 2.98. The summed E-state index contributed by atoms with van der Waals surface area (Å²) >= 11 is 0. The van der Waals surface area contributed by atoms with Crippen molar-refractivity contribution in [3.8, 4) is 5.88 Å². The van der Waals surface area contributed by atoms with Crippen LogP contribution in [0.2, 0.25) is 0 Å². The van der Waals surface area contributed by atoms with Gasteiger partial charge < -0.3 is 19.3 Å². The molecule has 25 heavy (non-hydrogen) atoms. The summed E-state index contributed by atoms with van der Waals surface area (Å²) in [5, 5.41) is 13.4. The minimum absolute atomic E-state index is 0.00407. The molecular formula is C16H15F3N2O4. The molecule has 3 rings (SSSR count). The molecule has 1 aromatic heterocycles. The predicted molar refractivity (Wildman–Crippen MR) is 78.9 cm³/mol. The highest BCUT2D eigenvalue weighted by atomic mass is 19.4. The number of halogens is 3. The number of hydrogen-bond acceptors (Lipinski definition) is 5. The van der Waals surface area contributed by atoms with Crippen LogP contribution in [0.3, 0.4) is 0 Å². The van der Waals surface area contributed by atoms with E-state index in [4.69, 9.17) is 9.26 Å². The Morgan fingerprint density at radius 1 is 1.40 bits per heavy atom. The molecule has 1 aromatic carbocycles. The van der Waals surface area contributed by atoms with Gasteiger partial charge in [0.25, 0.3) is 11.8 Å². The number of aliphatic hydroxyl groups is 1. The van der Waals surface area contributed by atoms with Crippen LogP contribution in [0.1, 0.15) is 34.1 Å². The lowest BCUT2D eigenvalue weighted by molar-refractivity contribution is -0.138. The molecule has 1 aliphatic rings. The van der Waals surface area contributed by atoms with Gasteiger partial charge in [-0.2, -0.15) is 13.2 Å². The zero-order chi connectivity index (χ0) is 18.2. The summed E-state index contributed by atoms with van der Waals surface area (Å²) in [6.07, 6.45) is -5.49. The molecule has 0 bridgehead atoms. The lowest BCUT2D eigenvalue weighted by Crippen LogP contribution is -2.32. The number of alkyl halides is 3. The molecule has 9 heteroatoms. The first-order valence-electron chi connectivity index (χ1n) is 7.47. The Kier molecular flexibility index (Phi) is 4.42. The van der Waals surface area contributed by atoms with Crippen LogP contribution >= 0.6 is 0 Å². The molecule has 1 fully saturated rings. The maximum Gasteiger partial charge on any atom is 0.416 e. The fraction of sp³-hybridized carbons (Fsp3) is 0.375. The minimum Gasteiger partial charge on any atom is -0.479 e. The van der Waals surface area contributed by atoms with E-state index in [0.717, 1.165) is 11.0 Å². The van der Waals surface area contributed by atoms with Crippen LogP contribution in [0, 0.1) is 0 Å². The average molecular weight is 356 g/mol. The third-order valence-corrected chi connectivity index (χ3v) is 4.07. The van der Waals surface area contributed by atoms with Gasteiger partial charge in [0.15, 0.2) is 0 Å². The van der Waals surface area contributed by atoms with Crippen LogP contribution in [-0.4, -0.2) is 40.8 Å². The second kappa shape index (κ2) is 6.40. The number of aromatic nitrogens is 1. The zero-order valence-corrected chi connectivity index (χ0v) is 13.2. The summed E-state index contributed by atoms with van der Waals surface area (Å²) < 4.78 is 49.6. The number of likely N-dealkylation sites (tertiary alicyclic amines) is 1. The first-order chi connectivity index (χ1) is 11.8. The first-order valence-corrected chi connectivity index (χ1v) is 7.47. The molecule has 2 aromatic rings. The second-order valence-corrected chi connectivity index (χ2v) is 5.68. The van der Waals surface area contributed by atoms with Crippen LogP contribution in [0.25, 0.3) is 0 Å². The Bertz CT molecular complexity index is 775. The molecule has 0 saturated carbocycles. The van der Waals surface area contributed by atoms with E-state index in [2.05, 4.69) is 5.16 Å². The summed E-state index contributed by atoms with van der Waals surface area (Å²) in [5.74, 6) is -0.745. The zero-order valence-electron chi connectivity index (χ0n) is 13.2. The van der Waals surface area contributed by atoms with Gasteiger partial charge in [0.05, 0.1) is 30.9 Å². The van der Waals surface area contributed by atoms with Crippen LogP contribution in [0.5, 0.6) is 5.88 Å². The Hall–Kier alpha value is -2.55. The summed E-state index contributed by atoms with van der Waals surface area (Å²) in [7, 11) is 1.34. The van der Waals surface area contributed by atoms with E-state index in [1.165, 1.54) is 31.4 Å². The predicted octanol–water partition coefficient (Wildman–Crippen LogP) is 2.65. The Morgan fingerprint density at radius 2 is 2.12 bits per heavy atom. The molecule has 1 aliphatic heterocycles. The van der Waals surface area contributed by atoms with E-state index in [-0.39, 0.29) is 30.2 Å². The Morgan fingerprint density at radius 3 is 2.76 bits per heavy atom. The first kappa shape index (κ1) is 17.3. The van der Waals surface area contributed by atoms with Crippen molar-refractivity contribution in [1.29, 1.82) is 0 Å². The molecule has 0 radical (unpaired) electrons. The van der Waals surface area contributed by atoms with Crippen molar-refractivity contribution in [1.82, 2.24) is 10.1 Å².